The number of hydrazine groups is 1. The molecule has 7 heteroatoms. The van der Waals surface area contributed by atoms with Crippen molar-refractivity contribution in [1.82, 2.24) is 15.0 Å². The van der Waals surface area contributed by atoms with Gasteiger partial charge in [-0.15, -0.1) is 11.3 Å². The lowest BCUT2D eigenvalue weighted by atomic mass is 10.3. The van der Waals surface area contributed by atoms with Crippen LogP contribution < -0.4 is 16.6 Å². The number of nitrogen functional groups attached to an aromatic ring is 1. The molecule has 0 saturated heterocycles. The Balaban J connectivity index is 2.08. The lowest BCUT2D eigenvalue weighted by molar-refractivity contribution is 0.858. The van der Waals surface area contributed by atoms with Crippen LogP contribution in [-0.2, 0) is 0 Å². The minimum atomic E-state index is 0.112. The lowest BCUT2D eigenvalue weighted by Gasteiger charge is -2.11. The van der Waals surface area contributed by atoms with Gasteiger partial charge in [0, 0.05) is 17.6 Å². The van der Waals surface area contributed by atoms with Crippen LogP contribution in [0, 0.1) is 0 Å². The molecule has 0 amide bonds. The Morgan fingerprint density at radius 1 is 1.31 bits per heavy atom. The normalized spacial score (nSPS) is 12.1. The molecule has 0 aliphatic heterocycles. The molecule has 0 radical (unpaired) electrons. The SMILES string of the molecule is CC(Nc1cc(NN)ncn1)c1nccs1. The Morgan fingerprint density at radius 3 is 2.81 bits per heavy atom. The fourth-order valence-electron chi connectivity index (χ4n) is 1.25. The first-order valence-corrected chi connectivity index (χ1v) is 5.62. The molecule has 84 valence electrons. The summed E-state index contributed by atoms with van der Waals surface area (Å²) in [5.74, 6) is 6.55. The fourth-order valence-corrected chi connectivity index (χ4v) is 1.89. The second-order valence-electron chi connectivity index (χ2n) is 3.17. The standard InChI is InChI=1S/C9H12N6S/c1-6(9-11-2-3-16-9)14-7-4-8(15-10)13-5-12-7/h2-6H,10H2,1H3,(H2,12,13,14,15). The van der Waals surface area contributed by atoms with Crippen LogP contribution in [0.2, 0.25) is 0 Å². The third-order valence-corrected chi connectivity index (χ3v) is 2.96. The highest BCUT2D eigenvalue weighted by molar-refractivity contribution is 7.09. The van der Waals surface area contributed by atoms with Crippen LogP contribution in [0.3, 0.4) is 0 Å². The van der Waals surface area contributed by atoms with E-state index in [9.17, 15) is 0 Å². The Hall–Kier alpha value is -1.73. The van der Waals surface area contributed by atoms with E-state index in [-0.39, 0.29) is 6.04 Å². The molecule has 1 atom stereocenters. The Morgan fingerprint density at radius 2 is 2.12 bits per heavy atom. The van der Waals surface area contributed by atoms with Gasteiger partial charge in [-0.05, 0) is 6.92 Å². The molecular weight excluding hydrogens is 224 g/mol. The second-order valence-corrected chi connectivity index (χ2v) is 4.10. The van der Waals surface area contributed by atoms with E-state index in [0.717, 1.165) is 5.01 Å². The molecule has 0 fully saturated rings. The molecule has 0 saturated carbocycles. The van der Waals surface area contributed by atoms with Crippen molar-refractivity contribution in [2.45, 2.75) is 13.0 Å². The van der Waals surface area contributed by atoms with E-state index in [0.29, 0.717) is 11.6 Å². The summed E-state index contributed by atoms with van der Waals surface area (Å²) in [7, 11) is 0. The Labute approximate surface area is 96.9 Å². The summed E-state index contributed by atoms with van der Waals surface area (Å²) in [6.07, 6.45) is 3.23. The van der Waals surface area contributed by atoms with E-state index in [2.05, 4.69) is 25.7 Å². The predicted octanol–water partition coefficient (Wildman–Crippen LogP) is 1.39. The van der Waals surface area contributed by atoms with Crippen LogP contribution in [0.25, 0.3) is 0 Å². The number of aromatic nitrogens is 3. The number of hydrogen-bond donors (Lipinski definition) is 3. The van der Waals surface area contributed by atoms with Gasteiger partial charge in [0.05, 0.1) is 6.04 Å². The molecule has 2 aromatic heterocycles. The van der Waals surface area contributed by atoms with Crippen molar-refractivity contribution in [2.24, 2.45) is 5.84 Å². The molecule has 16 heavy (non-hydrogen) atoms. The van der Waals surface area contributed by atoms with Gasteiger partial charge in [0.25, 0.3) is 0 Å². The Kier molecular flexibility index (Phi) is 3.28. The third-order valence-electron chi connectivity index (χ3n) is 2.00. The minimum absolute atomic E-state index is 0.112. The fraction of sp³-hybridized carbons (Fsp3) is 0.222. The van der Waals surface area contributed by atoms with Gasteiger partial charge < -0.3 is 10.7 Å². The maximum absolute atomic E-state index is 5.27. The van der Waals surface area contributed by atoms with Crippen molar-refractivity contribution >= 4 is 23.0 Å². The zero-order valence-corrected chi connectivity index (χ0v) is 9.53. The highest BCUT2D eigenvalue weighted by atomic mass is 32.1. The number of hydrogen-bond acceptors (Lipinski definition) is 7. The highest BCUT2D eigenvalue weighted by Crippen LogP contribution is 2.20. The summed E-state index contributed by atoms with van der Waals surface area (Å²) < 4.78 is 0. The van der Waals surface area contributed by atoms with E-state index in [4.69, 9.17) is 5.84 Å². The molecule has 2 rings (SSSR count). The molecule has 0 aromatic carbocycles. The molecule has 2 aromatic rings. The molecule has 2 heterocycles. The van der Waals surface area contributed by atoms with Crippen molar-refractivity contribution in [2.75, 3.05) is 10.7 Å². The number of nitrogens with one attached hydrogen (secondary N) is 2. The van der Waals surface area contributed by atoms with Crippen molar-refractivity contribution in [1.29, 1.82) is 0 Å². The second kappa shape index (κ2) is 4.86. The van der Waals surface area contributed by atoms with Gasteiger partial charge >= 0.3 is 0 Å². The first-order chi connectivity index (χ1) is 7.79. The summed E-state index contributed by atoms with van der Waals surface area (Å²) in [5, 5.41) is 6.18. The van der Waals surface area contributed by atoms with Crippen LogP contribution in [0.15, 0.2) is 24.0 Å². The van der Waals surface area contributed by atoms with E-state index in [1.807, 2.05) is 12.3 Å². The highest BCUT2D eigenvalue weighted by Gasteiger charge is 2.08. The average molecular weight is 236 g/mol. The Bertz CT molecular complexity index is 443. The van der Waals surface area contributed by atoms with Crippen LogP contribution >= 0.6 is 11.3 Å². The van der Waals surface area contributed by atoms with Gasteiger partial charge in [-0.3, -0.25) is 0 Å². The van der Waals surface area contributed by atoms with E-state index < -0.39 is 0 Å². The molecule has 0 spiro atoms. The number of thiazole rings is 1. The maximum Gasteiger partial charge on any atom is 0.145 e. The number of nitrogens with two attached hydrogens (primary N) is 1. The number of nitrogens with zero attached hydrogens (tertiary/aromatic N) is 3. The smallest absolute Gasteiger partial charge is 0.145 e. The summed E-state index contributed by atoms with van der Waals surface area (Å²) in [4.78, 5) is 12.3. The van der Waals surface area contributed by atoms with Crippen LogP contribution in [0.5, 0.6) is 0 Å². The van der Waals surface area contributed by atoms with Gasteiger partial charge in [0.1, 0.15) is 23.0 Å². The number of rotatable bonds is 4. The molecule has 0 bridgehead atoms. The first kappa shape index (κ1) is 10.8. The summed E-state index contributed by atoms with van der Waals surface area (Å²) in [6.45, 7) is 2.02. The topological polar surface area (TPSA) is 88.8 Å². The van der Waals surface area contributed by atoms with E-state index in [1.165, 1.54) is 6.33 Å². The summed E-state index contributed by atoms with van der Waals surface area (Å²) >= 11 is 1.60. The van der Waals surface area contributed by atoms with Crippen LogP contribution in [0.4, 0.5) is 11.6 Å². The van der Waals surface area contributed by atoms with E-state index in [1.54, 1.807) is 23.6 Å². The average Bonchev–Trinajstić information content (AvgIpc) is 2.83. The van der Waals surface area contributed by atoms with Gasteiger partial charge in [-0.2, -0.15) is 0 Å². The zero-order chi connectivity index (χ0) is 11.4. The van der Waals surface area contributed by atoms with Crippen molar-refractivity contribution in [3.63, 3.8) is 0 Å². The van der Waals surface area contributed by atoms with Gasteiger partial charge in [-0.25, -0.2) is 20.8 Å². The molecule has 0 aliphatic carbocycles. The molecule has 0 aliphatic rings. The van der Waals surface area contributed by atoms with Gasteiger partial charge in [-0.1, -0.05) is 0 Å². The van der Waals surface area contributed by atoms with Crippen LogP contribution in [-0.4, -0.2) is 15.0 Å². The van der Waals surface area contributed by atoms with Gasteiger partial charge in [0.2, 0.25) is 0 Å². The van der Waals surface area contributed by atoms with Crippen molar-refractivity contribution < 1.29 is 0 Å². The lowest BCUT2D eigenvalue weighted by Crippen LogP contribution is -2.11. The van der Waals surface area contributed by atoms with Gasteiger partial charge in [0.15, 0.2) is 0 Å². The predicted molar refractivity (Wildman–Crippen MR) is 64.0 cm³/mol. The van der Waals surface area contributed by atoms with E-state index >= 15 is 0 Å². The summed E-state index contributed by atoms with van der Waals surface area (Å²) in [6, 6.07) is 1.85. The monoisotopic (exact) mass is 236 g/mol. The molecule has 4 N–H and O–H groups in total. The largest absolute Gasteiger partial charge is 0.361 e. The quantitative estimate of drug-likeness (QED) is 0.549. The van der Waals surface area contributed by atoms with Crippen molar-refractivity contribution in [3.05, 3.63) is 29.0 Å². The molecule has 1 unspecified atom stereocenters. The minimum Gasteiger partial charge on any atom is -0.361 e. The molecule has 6 nitrogen and oxygen atoms in total. The molecular formula is C9H12N6S. The first-order valence-electron chi connectivity index (χ1n) is 4.74. The summed E-state index contributed by atoms with van der Waals surface area (Å²) in [5.41, 5.74) is 2.47. The van der Waals surface area contributed by atoms with Crippen LogP contribution in [0.1, 0.15) is 18.0 Å². The maximum atomic E-state index is 5.27. The zero-order valence-electron chi connectivity index (χ0n) is 8.71. The number of anilines is 2. The third kappa shape index (κ3) is 2.44. The van der Waals surface area contributed by atoms with Crippen molar-refractivity contribution in [3.8, 4) is 0 Å².